The first kappa shape index (κ1) is 13.4. The normalized spacial score (nSPS) is 24.9. The van der Waals surface area contributed by atoms with Gasteiger partial charge >= 0.3 is 0 Å². The van der Waals surface area contributed by atoms with Gasteiger partial charge in [0.25, 0.3) is 0 Å². The molecule has 4 heteroatoms. The van der Waals surface area contributed by atoms with Gasteiger partial charge in [-0.05, 0) is 32.6 Å². The van der Waals surface area contributed by atoms with Crippen LogP contribution in [0.3, 0.4) is 0 Å². The van der Waals surface area contributed by atoms with Crippen LogP contribution in [0.2, 0.25) is 0 Å². The molecule has 0 saturated carbocycles. The van der Waals surface area contributed by atoms with Crippen LogP contribution in [0.25, 0.3) is 0 Å². The van der Waals surface area contributed by atoms with Crippen LogP contribution in [0.4, 0.5) is 5.95 Å². The minimum atomic E-state index is 0.342. The van der Waals surface area contributed by atoms with Gasteiger partial charge in [0.15, 0.2) is 0 Å². The molecule has 2 heterocycles. The first-order chi connectivity index (χ1) is 8.52. The van der Waals surface area contributed by atoms with Gasteiger partial charge in [-0.2, -0.15) is 0 Å². The zero-order valence-electron chi connectivity index (χ0n) is 12.1. The standard InChI is InChI=1S/C14H26N4/c1-5-12-9-18(10(2)3)14(16-12)17-7-6-13(15)11(4)8-17/h9-11,13H,5-8,15H2,1-4H3. The van der Waals surface area contributed by atoms with E-state index in [1.165, 1.54) is 5.69 Å². The van der Waals surface area contributed by atoms with Crippen LogP contribution in [0.1, 0.15) is 45.9 Å². The average Bonchev–Trinajstić information content (AvgIpc) is 2.77. The second-order valence-electron chi connectivity index (χ2n) is 5.76. The zero-order valence-corrected chi connectivity index (χ0v) is 12.1. The van der Waals surface area contributed by atoms with Crippen molar-refractivity contribution in [2.24, 2.45) is 11.7 Å². The predicted octanol–water partition coefficient (Wildman–Crippen LogP) is 2.20. The third-order valence-corrected chi connectivity index (χ3v) is 3.94. The molecule has 1 aliphatic rings. The van der Waals surface area contributed by atoms with Crippen LogP contribution in [0.15, 0.2) is 6.20 Å². The summed E-state index contributed by atoms with van der Waals surface area (Å²) in [6.45, 7) is 10.9. The Hall–Kier alpha value is -1.03. The predicted molar refractivity (Wildman–Crippen MR) is 76.0 cm³/mol. The topological polar surface area (TPSA) is 47.1 Å². The highest BCUT2D eigenvalue weighted by atomic mass is 15.3. The number of aromatic nitrogens is 2. The number of piperidine rings is 1. The summed E-state index contributed by atoms with van der Waals surface area (Å²) < 4.78 is 2.29. The molecule has 2 unspecified atom stereocenters. The maximum atomic E-state index is 6.09. The van der Waals surface area contributed by atoms with Crippen LogP contribution in [0.5, 0.6) is 0 Å². The number of nitrogens with zero attached hydrogens (tertiary/aromatic N) is 3. The lowest BCUT2D eigenvalue weighted by Crippen LogP contribution is -2.46. The van der Waals surface area contributed by atoms with Gasteiger partial charge in [-0.1, -0.05) is 13.8 Å². The Labute approximate surface area is 110 Å². The highest BCUT2D eigenvalue weighted by molar-refractivity contribution is 5.35. The van der Waals surface area contributed by atoms with Crippen molar-refractivity contribution in [3.63, 3.8) is 0 Å². The van der Waals surface area contributed by atoms with Crippen molar-refractivity contribution in [2.75, 3.05) is 18.0 Å². The lowest BCUT2D eigenvalue weighted by Gasteiger charge is -2.36. The van der Waals surface area contributed by atoms with Crippen molar-refractivity contribution in [2.45, 2.75) is 52.6 Å². The summed E-state index contributed by atoms with van der Waals surface area (Å²) in [6, 6.07) is 0.799. The van der Waals surface area contributed by atoms with Crippen molar-refractivity contribution < 1.29 is 0 Å². The zero-order chi connectivity index (χ0) is 13.3. The average molecular weight is 250 g/mol. The molecule has 2 N–H and O–H groups in total. The molecular weight excluding hydrogens is 224 g/mol. The van der Waals surface area contributed by atoms with Gasteiger partial charge in [-0.3, -0.25) is 0 Å². The molecule has 2 rings (SSSR count). The number of anilines is 1. The fraction of sp³-hybridized carbons (Fsp3) is 0.786. The van der Waals surface area contributed by atoms with E-state index < -0.39 is 0 Å². The smallest absolute Gasteiger partial charge is 0.205 e. The molecule has 1 aromatic heterocycles. The second-order valence-corrected chi connectivity index (χ2v) is 5.76. The molecular formula is C14H26N4. The van der Waals surface area contributed by atoms with E-state index in [4.69, 9.17) is 10.7 Å². The van der Waals surface area contributed by atoms with Crippen molar-refractivity contribution >= 4 is 5.95 Å². The SMILES string of the molecule is CCc1cn(C(C)C)c(N2CCC(N)C(C)C2)n1. The molecule has 0 bridgehead atoms. The molecule has 2 atom stereocenters. The van der Waals surface area contributed by atoms with E-state index in [0.717, 1.165) is 31.9 Å². The van der Waals surface area contributed by atoms with Crippen LogP contribution in [-0.2, 0) is 6.42 Å². The van der Waals surface area contributed by atoms with E-state index >= 15 is 0 Å². The summed E-state index contributed by atoms with van der Waals surface area (Å²) in [5.41, 5.74) is 7.28. The van der Waals surface area contributed by atoms with E-state index in [1.54, 1.807) is 0 Å². The van der Waals surface area contributed by atoms with E-state index in [1.807, 2.05) is 0 Å². The maximum Gasteiger partial charge on any atom is 0.205 e. The van der Waals surface area contributed by atoms with Crippen molar-refractivity contribution in [1.82, 2.24) is 9.55 Å². The van der Waals surface area contributed by atoms with E-state index in [2.05, 4.69) is 43.4 Å². The number of imidazole rings is 1. The third kappa shape index (κ3) is 2.53. The Morgan fingerprint density at radius 3 is 2.78 bits per heavy atom. The van der Waals surface area contributed by atoms with E-state index in [-0.39, 0.29) is 0 Å². The van der Waals surface area contributed by atoms with Gasteiger partial charge < -0.3 is 15.2 Å². The maximum absolute atomic E-state index is 6.09. The molecule has 1 aliphatic heterocycles. The lowest BCUT2D eigenvalue weighted by molar-refractivity contribution is 0.375. The largest absolute Gasteiger partial charge is 0.342 e. The van der Waals surface area contributed by atoms with Gasteiger partial charge in [0.05, 0.1) is 5.69 Å². The Morgan fingerprint density at radius 1 is 1.50 bits per heavy atom. The fourth-order valence-electron chi connectivity index (χ4n) is 2.56. The van der Waals surface area contributed by atoms with Crippen molar-refractivity contribution in [3.05, 3.63) is 11.9 Å². The van der Waals surface area contributed by atoms with Gasteiger partial charge in [0.2, 0.25) is 5.95 Å². The minimum Gasteiger partial charge on any atom is -0.342 e. The molecule has 18 heavy (non-hydrogen) atoms. The number of rotatable bonds is 3. The number of hydrogen-bond acceptors (Lipinski definition) is 3. The Kier molecular flexibility index (Phi) is 3.95. The van der Waals surface area contributed by atoms with Crippen LogP contribution in [0, 0.1) is 5.92 Å². The first-order valence-corrected chi connectivity index (χ1v) is 7.11. The van der Waals surface area contributed by atoms with Gasteiger partial charge in [0.1, 0.15) is 0 Å². The van der Waals surface area contributed by atoms with Crippen molar-refractivity contribution in [3.8, 4) is 0 Å². The van der Waals surface area contributed by atoms with Gasteiger partial charge in [-0.15, -0.1) is 0 Å². The molecule has 1 fully saturated rings. The van der Waals surface area contributed by atoms with Gasteiger partial charge in [0, 0.05) is 31.4 Å². The van der Waals surface area contributed by atoms with Crippen LogP contribution < -0.4 is 10.6 Å². The second kappa shape index (κ2) is 5.31. The summed E-state index contributed by atoms with van der Waals surface area (Å²) in [6.07, 6.45) is 4.25. The number of nitrogens with two attached hydrogens (primary N) is 1. The molecule has 0 radical (unpaired) electrons. The number of aryl methyl sites for hydroxylation is 1. The summed E-state index contributed by atoms with van der Waals surface area (Å²) in [4.78, 5) is 7.18. The molecule has 0 amide bonds. The van der Waals surface area contributed by atoms with Gasteiger partial charge in [-0.25, -0.2) is 4.98 Å². The minimum absolute atomic E-state index is 0.342. The fourth-order valence-corrected chi connectivity index (χ4v) is 2.56. The highest BCUT2D eigenvalue weighted by Crippen LogP contribution is 2.25. The summed E-state index contributed by atoms with van der Waals surface area (Å²) in [5.74, 6) is 1.67. The molecule has 0 aromatic carbocycles. The quantitative estimate of drug-likeness (QED) is 0.894. The highest BCUT2D eigenvalue weighted by Gasteiger charge is 2.26. The third-order valence-electron chi connectivity index (χ3n) is 3.94. The summed E-state index contributed by atoms with van der Waals surface area (Å²) in [7, 11) is 0. The van der Waals surface area contributed by atoms with Crippen LogP contribution >= 0.6 is 0 Å². The summed E-state index contributed by atoms with van der Waals surface area (Å²) in [5, 5.41) is 0. The molecule has 1 aromatic rings. The molecule has 102 valence electrons. The number of hydrogen-bond donors (Lipinski definition) is 1. The Balaban J connectivity index is 2.24. The molecule has 4 nitrogen and oxygen atoms in total. The molecule has 0 spiro atoms. The van der Waals surface area contributed by atoms with Crippen LogP contribution in [-0.4, -0.2) is 28.7 Å². The first-order valence-electron chi connectivity index (χ1n) is 7.11. The monoisotopic (exact) mass is 250 g/mol. The molecule has 0 aliphatic carbocycles. The lowest BCUT2D eigenvalue weighted by atomic mass is 9.95. The van der Waals surface area contributed by atoms with E-state index in [0.29, 0.717) is 18.0 Å². The molecule has 1 saturated heterocycles. The summed E-state index contributed by atoms with van der Waals surface area (Å²) >= 11 is 0. The Morgan fingerprint density at radius 2 is 2.22 bits per heavy atom. The Bertz CT molecular complexity index is 396. The van der Waals surface area contributed by atoms with Crippen molar-refractivity contribution in [1.29, 1.82) is 0 Å². The van der Waals surface area contributed by atoms with E-state index in [9.17, 15) is 0 Å².